The summed E-state index contributed by atoms with van der Waals surface area (Å²) in [5, 5.41) is 3.50. The minimum absolute atomic E-state index is 0.703. The minimum atomic E-state index is 0.703. The Morgan fingerprint density at radius 3 is 2.38 bits per heavy atom. The van der Waals surface area contributed by atoms with E-state index in [1.54, 1.807) is 0 Å². The Labute approximate surface area is 131 Å². The largest absolute Gasteiger partial charge is 0.333 e. The highest BCUT2D eigenvalue weighted by molar-refractivity contribution is 4.97. The summed E-state index contributed by atoms with van der Waals surface area (Å²) in [5.41, 5.74) is 1.32. The van der Waals surface area contributed by atoms with Gasteiger partial charge < -0.3 is 9.88 Å². The molecule has 0 bridgehead atoms. The summed E-state index contributed by atoms with van der Waals surface area (Å²) in [5.74, 6) is 0.703. The summed E-state index contributed by atoms with van der Waals surface area (Å²) in [6.07, 6.45) is 15.0. The Morgan fingerprint density at radius 1 is 1.05 bits per heavy atom. The zero-order valence-electron chi connectivity index (χ0n) is 14.4. The first-order chi connectivity index (χ1) is 10.2. The van der Waals surface area contributed by atoms with E-state index in [2.05, 4.69) is 35.6 Å². The van der Waals surface area contributed by atoms with E-state index in [0.29, 0.717) is 5.92 Å². The summed E-state index contributed by atoms with van der Waals surface area (Å²) in [6, 6.07) is 0. The molecule has 0 spiro atoms. The van der Waals surface area contributed by atoms with Gasteiger partial charge in [0, 0.05) is 19.3 Å². The van der Waals surface area contributed by atoms with Gasteiger partial charge in [0.2, 0.25) is 0 Å². The third-order valence-corrected chi connectivity index (χ3v) is 3.91. The van der Waals surface area contributed by atoms with Gasteiger partial charge in [-0.2, -0.15) is 0 Å². The molecule has 0 unspecified atom stereocenters. The molecule has 0 aliphatic heterocycles. The van der Waals surface area contributed by atoms with Crippen LogP contribution < -0.4 is 5.32 Å². The summed E-state index contributed by atoms with van der Waals surface area (Å²) in [7, 11) is 0. The van der Waals surface area contributed by atoms with Crippen molar-refractivity contribution < 1.29 is 0 Å². The Hall–Kier alpha value is -0.830. The molecule has 0 aliphatic carbocycles. The molecule has 1 rings (SSSR count). The lowest BCUT2D eigenvalue weighted by molar-refractivity contribution is 0.513. The van der Waals surface area contributed by atoms with Gasteiger partial charge >= 0.3 is 0 Å². The van der Waals surface area contributed by atoms with E-state index in [9.17, 15) is 0 Å². The second-order valence-electron chi connectivity index (χ2n) is 6.58. The lowest BCUT2D eigenvalue weighted by atomic mass is 10.1. The molecule has 1 N–H and O–H groups in total. The Morgan fingerprint density at radius 2 is 1.71 bits per heavy atom. The molecular weight excluding hydrogens is 258 g/mol. The van der Waals surface area contributed by atoms with Crippen LogP contribution in [0.25, 0.3) is 0 Å². The van der Waals surface area contributed by atoms with Crippen LogP contribution in [-0.4, -0.2) is 16.1 Å². The van der Waals surface area contributed by atoms with Crippen molar-refractivity contribution in [3.63, 3.8) is 0 Å². The number of aryl methyl sites for hydroxylation is 1. The van der Waals surface area contributed by atoms with Crippen molar-refractivity contribution in [2.75, 3.05) is 6.54 Å². The van der Waals surface area contributed by atoms with Gasteiger partial charge in [0.15, 0.2) is 0 Å². The predicted octanol–water partition coefficient (Wildman–Crippen LogP) is 4.77. The molecule has 1 heterocycles. The number of imidazole rings is 1. The number of nitrogens with zero attached hydrogens (tertiary/aromatic N) is 2. The van der Waals surface area contributed by atoms with Crippen LogP contribution in [0.5, 0.6) is 0 Å². The maximum atomic E-state index is 4.29. The van der Waals surface area contributed by atoms with Crippen molar-refractivity contribution in [3.05, 3.63) is 18.2 Å². The number of hydrogen-bond acceptors (Lipinski definition) is 2. The highest BCUT2D eigenvalue weighted by Crippen LogP contribution is 2.10. The summed E-state index contributed by atoms with van der Waals surface area (Å²) < 4.78 is 2.31. The van der Waals surface area contributed by atoms with E-state index in [4.69, 9.17) is 0 Å². The van der Waals surface area contributed by atoms with Crippen LogP contribution in [0, 0.1) is 5.92 Å². The predicted molar refractivity (Wildman–Crippen MR) is 91.4 cm³/mol. The van der Waals surface area contributed by atoms with Gasteiger partial charge in [-0.05, 0) is 18.9 Å². The smallest absolute Gasteiger partial charge is 0.0948 e. The molecule has 0 aliphatic rings. The molecular formula is C18H35N3. The molecule has 3 nitrogen and oxygen atoms in total. The van der Waals surface area contributed by atoms with Gasteiger partial charge in [-0.15, -0.1) is 0 Å². The molecule has 0 saturated heterocycles. The van der Waals surface area contributed by atoms with E-state index < -0.39 is 0 Å². The van der Waals surface area contributed by atoms with Gasteiger partial charge in [-0.1, -0.05) is 65.7 Å². The third kappa shape index (κ3) is 8.92. The van der Waals surface area contributed by atoms with Gasteiger partial charge in [0.05, 0.1) is 12.0 Å². The van der Waals surface area contributed by atoms with E-state index in [1.807, 2.05) is 12.5 Å². The number of aromatic nitrogens is 2. The minimum Gasteiger partial charge on any atom is -0.333 e. The second kappa shape index (κ2) is 11.8. The molecule has 0 saturated carbocycles. The molecule has 0 aromatic carbocycles. The Kier molecular flexibility index (Phi) is 10.2. The van der Waals surface area contributed by atoms with Crippen molar-refractivity contribution in [3.8, 4) is 0 Å². The number of hydrogen-bond donors (Lipinski definition) is 1. The van der Waals surface area contributed by atoms with E-state index in [-0.39, 0.29) is 0 Å². The molecule has 1 aromatic rings. The van der Waals surface area contributed by atoms with E-state index >= 15 is 0 Å². The molecule has 1 aromatic heterocycles. The average Bonchev–Trinajstić information content (AvgIpc) is 2.89. The van der Waals surface area contributed by atoms with Crippen LogP contribution in [0.15, 0.2) is 12.5 Å². The number of rotatable bonds is 13. The molecule has 122 valence electrons. The normalized spacial score (nSPS) is 11.4. The van der Waals surface area contributed by atoms with Crippen molar-refractivity contribution >= 4 is 0 Å². The Balaban J connectivity index is 2.08. The lowest BCUT2D eigenvalue weighted by Gasteiger charge is -2.10. The number of nitrogens with one attached hydrogen (secondary N) is 1. The Bertz CT molecular complexity index is 344. The summed E-state index contributed by atoms with van der Waals surface area (Å²) in [6.45, 7) is 9.89. The van der Waals surface area contributed by atoms with E-state index in [1.165, 1.54) is 57.1 Å². The highest BCUT2D eigenvalue weighted by Gasteiger charge is 2.02. The van der Waals surface area contributed by atoms with Crippen molar-refractivity contribution in [2.45, 2.75) is 85.2 Å². The van der Waals surface area contributed by atoms with Crippen LogP contribution in [0.3, 0.4) is 0 Å². The third-order valence-electron chi connectivity index (χ3n) is 3.91. The van der Waals surface area contributed by atoms with Gasteiger partial charge in [-0.25, -0.2) is 4.98 Å². The van der Waals surface area contributed by atoms with Crippen molar-refractivity contribution in [1.29, 1.82) is 0 Å². The average molecular weight is 293 g/mol. The molecule has 0 amide bonds. The molecule has 3 heteroatoms. The van der Waals surface area contributed by atoms with Gasteiger partial charge in [0.25, 0.3) is 0 Å². The molecule has 21 heavy (non-hydrogen) atoms. The quantitative estimate of drug-likeness (QED) is 0.531. The van der Waals surface area contributed by atoms with Crippen molar-refractivity contribution in [1.82, 2.24) is 14.9 Å². The fourth-order valence-electron chi connectivity index (χ4n) is 2.60. The standard InChI is InChI=1S/C18H35N3/c1-4-5-6-7-8-9-10-11-12-21-16-20-15-18(21)14-19-13-17(2)3/h15-17,19H,4-14H2,1-3H3. The molecule has 0 radical (unpaired) electrons. The van der Waals surface area contributed by atoms with Crippen LogP contribution >= 0.6 is 0 Å². The fraction of sp³-hybridized carbons (Fsp3) is 0.833. The first-order valence-corrected chi connectivity index (χ1v) is 8.93. The van der Waals surface area contributed by atoms with Gasteiger partial charge in [-0.3, -0.25) is 0 Å². The van der Waals surface area contributed by atoms with Crippen LogP contribution in [0.1, 0.15) is 77.8 Å². The monoisotopic (exact) mass is 293 g/mol. The highest BCUT2D eigenvalue weighted by atomic mass is 15.1. The first-order valence-electron chi connectivity index (χ1n) is 8.93. The van der Waals surface area contributed by atoms with Crippen molar-refractivity contribution in [2.24, 2.45) is 5.92 Å². The maximum Gasteiger partial charge on any atom is 0.0948 e. The van der Waals surface area contributed by atoms with E-state index in [0.717, 1.165) is 19.6 Å². The van der Waals surface area contributed by atoms with Gasteiger partial charge in [0.1, 0.15) is 0 Å². The lowest BCUT2D eigenvalue weighted by Crippen LogP contribution is -2.20. The SMILES string of the molecule is CCCCCCCCCCn1cncc1CNCC(C)C. The topological polar surface area (TPSA) is 29.9 Å². The summed E-state index contributed by atoms with van der Waals surface area (Å²) >= 11 is 0. The number of unbranched alkanes of at least 4 members (excludes halogenated alkanes) is 7. The zero-order chi connectivity index (χ0) is 15.3. The van der Waals surface area contributed by atoms with Crippen LogP contribution in [-0.2, 0) is 13.1 Å². The second-order valence-corrected chi connectivity index (χ2v) is 6.58. The summed E-state index contributed by atoms with van der Waals surface area (Å²) in [4.78, 5) is 4.29. The first kappa shape index (κ1) is 18.2. The maximum absolute atomic E-state index is 4.29. The van der Waals surface area contributed by atoms with Crippen LogP contribution in [0.4, 0.5) is 0 Å². The zero-order valence-corrected chi connectivity index (χ0v) is 14.4. The molecule has 0 atom stereocenters. The fourth-order valence-corrected chi connectivity index (χ4v) is 2.60. The molecule has 0 fully saturated rings. The van der Waals surface area contributed by atoms with Crippen LogP contribution in [0.2, 0.25) is 0 Å².